The van der Waals surface area contributed by atoms with Crippen LogP contribution in [0, 0.1) is 0 Å². The molecule has 1 aliphatic heterocycles. The molecule has 0 spiro atoms. The van der Waals surface area contributed by atoms with E-state index in [-0.39, 0.29) is 28.9 Å². The van der Waals surface area contributed by atoms with Crippen LogP contribution in [0.25, 0.3) is 0 Å². The van der Waals surface area contributed by atoms with Crippen LogP contribution in [0.5, 0.6) is 0 Å². The Morgan fingerprint density at radius 2 is 1.28 bits per heavy atom. The number of unbranched alkanes of at least 4 members (excludes halogenated alkanes) is 1. The van der Waals surface area contributed by atoms with Gasteiger partial charge >= 0.3 is 0 Å². The van der Waals surface area contributed by atoms with Gasteiger partial charge in [0.2, 0.25) is 5.91 Å². The molecule has 7 nitrogen and oxygen atoms in total. The number of ether oxygens (including phenoxy) is 2. The lowest BCUT2D eigenvalue weighted by Gasteiger charge is -2.35. The molecule has 0 aromatic heterocycles. The van der Waals surface area contributed by atoms with Crippen LogP contribution in [0.2, 0.25) is 0 Å². The molecule has 0 radical (unpaired) electrons. The van der Waals surface area contributed by atoms with E-state index in [0.29, 0.717) is 32.5 Å². The van der Waals surface area contributed by atoms with Crippen molar-refractivity contribution in [1.29, 1.82) is 0 Å². The molecule has 0 bridgehead atoms. The normalized spacial score (nSPS) is 14.7. The Balaban J connectivity index is 0.00000596. The summed E-state index contributed by atoms with van der Waals surface area (Å²) in [5.41, 5.74) is -1.63. The molecule has 0 saturated carbocycles. The van der Waals surface area contributed by atoms with Crippen molar-refractivity contribution in [1.82, 2.24) is 10.2 Å². The highest BCUT2D eigenvalue weighted by molar-refractivity contribution is 6.13. The standard InChI is InChI=1S/C27H48N2O5.C2H6/c1-10-11-15-26(6,7)33-19-17-24(2,3)28-21(30)14-16-27(8,9)34-20-18-25(4,5)29-22(31)12-13-23(29)32;1-2/h12-13H,10-11,14-20H2,1-9H3,(H,28,30);1-2H3. The number of amides is 3. The largest absolute Gasteiger partial charge is 0.375 e. The van der Waals surface area contributed by atoms with Crippen molar-refractivity contribution in [3.63, 3.8) is 0 Å². The third-order valence-electron chi connectivity index (χ3n) is 6.41. The minimum absolute atomic E-state index is 0.00779. The molecule has 1 heterocycles. The second kappa shape index (κ2) is 14.9. The van der Waals surface area contributed by atoms with Crippen LogP contribution in [-0.4, -0.2) is 58.1 Å². The summed E-state index contributed by atoms with van der Waals surface area (Å²) in [6.45, 7) is 23.1. The minimum atomic E-state index is -0.637. The molecule has 7 heteroatoms. The van der Waals surface area contributed by atoms with Gasteiger partial charge in [-0.25, -0.2) is 0 Å². The van der Waals surface area contributed by atoms with Gasteiger partial charge in [0.15, 0.2) is 0 Å². The van der Waals surface area contributed by atoms with Gasteiger partial charge in [0.1, 0.15) is 0 Å². The van der Waals surface area contributed by atoms with Crippen LogP contribution >= 0.6 is 0 Å². The number of nitrogens with zero attached hydrogens (tertiary/aromatic N) is 1. The predicted octanol–water partition coefficient (Wildman–Crippen LogP) is 5.95. The zero-order valence-corrected chi connectivity index (χ0v) is 25.0. The second-order valence-electron chi connectivity index (χ2n) is 11.9. The van der Waals surface area contributed by atoms with E-state index in [4.69, 9.17) is 9.47 Å². The number of hydrogen-bond donors (Lipinski definition) is 1. The lowest BCUT2D eigenvalue weighted by Crippen LogP contribution is -2.48. The van der Waals surface area contributed by atoms with Gasteiger partial charge in [0.25, 0.3) is 11.8 Å². The van der Waals surface area contributed by atoms with Gasteiger partial charge in [-0.2, -0.15) is 0 Å². The molecule has 1 rings (SSSR count). The molecular formula is C29H54N2O5. The molecule has 0 aliphatic carbocycles. The maximum Gasteiger partial charge on any atom is 0.254 e. The summed E-state index contributed by atoms with van der Waals surface area (Å²) in [5.74, 6) is -0.585. The van der Waals surface area contributed by atoms with Crippen molar-refractivity contribution in [2.24, 2.45) is 0 Å². The Bertz CT molecular complexity index is 720. The smallest absolute Gasteiger partial charge is 0.254 e. The predicted molar refractivity (Wildman–Crippen MR) is 147 cm³/mol. The zero-order chi connectivity index (χ0) is 28.2. The van der Waals surface area contributed by atoms with Gasteiger partial charge in [-0.3, -0.25) is 19.3 Å². The fourth-order valence-electron chi connectivity index (χ4n) is 3.93. The highest BCUT2D eigenvalue weighted by atomic mass is 16.5. The van der Waals surface area contributed by atoms with Crippen LogP contribution in [0.3, 0.4) is 0 Å². The second-order valence-corrected chi connectivity index (χ2v) is 11.9. The van der Waals surface area contributed by atoms with Crippen molar-refractivity contribution in [3.05, 3.63) is 12.2 Å². The molecule has 0 aromatic rings. The summed E-state index contributed by atoms with van der Waals surface area (Å²) in [4.78, 5) is 37.8. The lowest BCUT2D eigenvalue weighted by atomic mass is 9.97. The van der Waals surface area contributed by atoms with Gasteiger partial charge in [-0.05, 0) is 81.1 Å². The van der Waals surface area contributed by atoms with E-state index in [1.54, 1.807) is 0 Å². The first-order valence-corrected chi connectivity index (χ1v) is 13.7. The number of hydrogen-bond acceptors (Lipinski definition) is 5. The maximum atomic E-state index is 12.6. The van der Waals surface area contributed by atoms with E-state index in [1.807, 2.05) is 55.4 Å². The summed E-state index contributed by atoms with van der Waals surface area (Å²) < 4.78 is 12.1. The topological polar surface area (TPSA) is 84.9 Å². The van der Waals surface area contributed by atoms with Gasteiger partial charge < -0.3 is 14.8 Å². The summed E-state index contributed by atoms with van der Waals surface area (Å²) in [5, 5.41) is 3.12. The van der Waals surface area contributed by atoms with E-state index < -0.39 is 11.1 Å². The first-order chi connectivity index (χ1) is 16.5. The van der Waals surface area contributed by atoms with E-state index in [9.17, 15) is 14.4 Å². The van der Waals surface area contributed by atoms with Gasteiger partial charge in [-0.1, -0.05) is 33.6 Å². The van der Waals surface area contributed by atoms with E-state index >= 15 is 0 Å². The Morgan fingerprint density at radius 3 is 1.78 bits per heavy atom. The maximum absolute atomic E-state index is 12.6. The quantitative estimate of drug-likeness (QED) is 0.259. The minimum Gasteiger partial charge on any atom is -0.375 e. The first kappa shape index (κ1) is 34.3. The SMILES string of the molecule is CC.CCCCC(C)(C)OCCC(C)(C)NC(=O)CCC(C)(C)OCCC(C)(C)N1C(=O)C=CC1=O. The molecule has 0 aromatic carbocycles. The zero-order valence-electron chi connectivity index (χ0n) is 25.0. The monoisotopic (exact) mass is 510 g/mol. The van der Waals surface area contributed by atoms with Crippen LogP contribution in [0.1, 0.15) is 121 Å². The number of rotatable bonds is 16. The van der Waals surface area contributed by atoms with Crippen LogP contribution in [0.4, 0.5) is 0 Å². The summed E-state index contributed by atoms with van der Waals surface area (Å²) in [6, 6.07) is 0. The van der Waals surface area contributed by atoms with E-state index in [2.05, 4.69) is 26.1 Å². The first-order valence-electron chi connectivity index (χ1n) is 13.7. The number of nitrogens with one attached hydrogen (secondary N) is 1. The van der Waals surface area contributed by atoms with Crippen molar-refractivity contribution >= 4 is 17.7 Å². The molecular weight excluding hydrogens is 456 g/mol. The summed E-state index contributed by atoms with van der Waals surface area (Å²) >= 11 is 0. The highest BCUT2D eigenvalue weighted by Gasteiger charge is 2.37. The van der Waals surface area contributed by atoms with Crippen molar-refractivity contribution < 1.29 is 23.9 Å². The van der Waals surface area contributed by atoms with Crippen LogP contribution in [0.15, 0.2) is 12.2 Å². The molecule has 0 saturated heterocycles. The molecule has 0 fully saturated rings. The average molecular weight is 511 g/mol. The van der Waals surface area contributed by atoms with Gasteiger partial charge in [0, 0.05) is 42.9 Å². The van der Waals surface area contributed by atoms with Crippen LogP contribution < -0.4 is 5.32 Å². The fourth-order valence-corrected chi connectivity index (χ4v) is 3.93. The number of carbonyl (C=O) groups is 3. The Hall–Kier alpha value is -1.73. The molecule has 0 atom stereocenters. The Kier molecular flexibility index (Phi) is 14.2. The highest BCUT2D eigenvalue weighted by Crippen LogP contribution is 2.25. The van der Waals surface area contributed by atoms with Crippen molar-refractivity contribution in [3.8, 4) is 0 Å². The number of imide groups is 1. The Morgan fingerprint density at radius 1 is 0.806 bits per heavy atom. The summed E-state index contributed by atoms with van der Waals surface area (Å²) in [6.07, 6.45) is 8.12. The van der Waals surface area contributed by atoms with E-state index in [0.717, 1.165) is 25.7 Å². The van der Waals surface area contributed by atoms with Gasteiger partial charge in [-0.15, -0.1) is 0 Å². The fraction of sp³-hybridized carbons (Fsp3) is 0.828. The molecule has 0 unspecified atom stereocenters. The van der Waals surface area contributed by atoms with Crippen LogP contribution in [-0.2, 0) is 23.9 Å². The molecule has 1 aliphatic rings. The van der Waals surface area contributed by atoms with Crippen molar-refractivity contribution in [2.45, 2.75) is 143 Å². The van der Waals surface area contributed by atoms with Gasteiger partial charge in [0.05, 0.1) is 11.2 Å². The average Bonchev–Trinajstić information content (AvgIpc) is 3.10. The molecule has 1 N–H and O–H groups in total. The molecule has 36 heavy (non-hydrogen) atoms. The molecule has 3 amide bonds. The lowest BCUT2D eigenvalue weighted by molar-refractivity contribution is -0.144. The third-order valence-corrected chi connectivity index (χ3v) is 6.41. The van der Waals surface area contributed by atoms with Crippen molar-refractivity contribution in [2.75, 3.05) is 13.2 Å². The molecule has 210 valence electrons. The summed E-state index contributed by atoms with van der Waals surface area (Å²) in [7, 11) is 0. The number of carbonyl (C=O) groups excluding carboxylic acids is 3. The Labute approximate surface area is 220 Å². The third kappa shape index (κ3) is 13.0. The van der Waals surface area contributed by atoms with E-state index in [1.165, 1.54) is 17.1 Å².